The summed E-state index contributed by atoms with van der Waals surface area (Å²) in [6, 6.07) is 0.824. The molecular weight excluding hydrogens is 170 g/mol. The molecule has 14 heavy (non-hydrogen) atoms. The third-order valence-electron chi connectivity index (χ3n) is 3.55. The van der Waals surface area contributed by atoms with Crippen LogP contribution in [0.2, 0.25) is 0 Å². The van der Waals surface area contributed by atoms with Crippen LogP contribution >= 0.6 is 0 Å². The van der Waals surface area contributed by atoms with Gasteiger partial charge in [0.25, 0.3) is 0 Å². The van der Waals surface area contributed by atoms with Gasteiger partial charge in [-0.05, 0) is 31.7 Å². The summed E-state index contributed by atoms with van der Waals surface area (Å²) < 4.78 is 0. The van der Waals surface area contributed by atoms with Gasteiger partial charge in [-0.15, -0.1) is 0 Å². The lowest BCUT2D eigenvalue weighted by Gasteiger charge is -2.29. The third-order valence-corrected chi connectivity index (χ3v) is 3.55. The van der Waals surface area contributed by atoms with Gasteiger partial charge in [-0.1, -0.05) is 46.0 Å². The van der Waals surface area contributed by atoms with Gasteiger partial charge in [0, 0.05) is 6.04 Å². The zero-order chi connectivity index (χ0) is 10.2. The summed E-state index contributed by atoms with van der Waals surface area (Å²) in [6.45, 7) is 5.93. The first-order chi connectivity index (χ1) is 6.84. The van der Waals surface area contributed by atoms with Gasteiger partial charge in [0.2, 0.25) is 0 Å². The molecule has 0 saturated heterocycles. The Morgan fingerprint density at radius 3 is 2.57 bits per heavy atom. The lowest BCUT2D eigenvalue weighted by molar-refractivity contribution is 0.279. The van der Waals surface area contributed by atoms with Crippen LogP contribution in [0.3, 0.4) is 0 Å². The van der Waals surface area contributed by atoms with E-state index in [1.54, 1.807) is 0 Å². The zero-order valence-electron chi connectivity index (χ0n) is 10.0. The van der Waals surface area contributed by atoms with Gasteiger partial charge >= 0.3 is 0 Å². The molecular formula is C13H27N. The van der Waals surface area contributed by atoms with Crippen LogP contribution in [-0.4, -0.2) is 12.6 Å². The molecule has 0 amide bonds. The average molecular weight is 197 g/mol. The van der Waals surface area contributed by atoms with E-state index in [0.29, 0.717) is 0 Å². The van der Waals surface area contributed by atoms with Crippen molar-refractivity contribution in [3.63, 3.8) is 0 Å². The van der Waals surface area contributed by atoms with Crippen LogP contribution in [0.5, 0.6) is 0 Å². The minimum atomic E-state index is 0.824. The van der Waals surface area contributed by atoms with Gasteiger partial charge < -0.3 is 5.32 Å². The molecule has 1 aliphatic rings. The fraction of sp³-hybridized carbons (Fsp3) is 1.00. The van der Waals surface area contributed by atoms with E-state index in [9.17, 15) is 0 Å². The predicted molar refractivity (Wildman–Crippen MR) is 63.6 cm³/mol. The number of rotatable bonds is 6. The highest BCUT2D eigenvalue weighted by atomic mass is 14.9. The highest BCUT2D eigenvalue weighted by Gasteiger charge is 2.19. The van der Waals surface area contributed by atoms with E-state index in [0.717, 1.165) is 12.0 Å². The molecule has 1 rings (SSSR count). The normalized spacial score (nSPS) is 27.9. The van der Waals surface area contributed by atoms with E-state index in [1.165, 1.54) is 57.9 Å². The van der Waals surface area contributed by atoms with E-state index in [4.69, 9.17) is 0 Å². The standard InChI is InChI=1S/C13H27N/c1-3-4-5-8-11-14-13-10-7-6-9-12(13)2/h12-14H,3-11H2,1-2H3. The van der Waals surface area contributed by atoms with Crippen molar-refractivity contribution >= 4 is 0 Å². The molecule has 0 aliphatic heterocycles. The Bertz CT molecular complexity index is 133. The maximum Gasteiger partial charge on any atom is 0.00926 e. The summed E-state index contributed by atoms with van der Waals surface area (Å²) in [5, 5.41) is 3.73. The minimum Gasteiger partial charge on any atom is -0.314 e. The molecule has 0 aromatic carbocycles. The van der Waals surface area contributed by atoms with Gasteiger partial charge in [-0.25, -0.2) is 0 Å². The van der Waals surface area contributed by atoms with Gasteiger partial charge in [0.15, 0.2) is 0 Å². The van der Waals surface area contributed by atoms with Crippen molar-refractivity contribution in [3.8, 4) is 0 Å². The predicted octanol–water partition coefficient (Wildman–Crippen LogP) is 3.74. The number of nitrogens with one attached hydrogen (secondary N) is 1. The van der Waals surface area contributed by atoms with Crippen molar-refractivity contribution in [1.29, 1.82) is 0 Å². The molecule has 2 unspecified atom stereocenters. The van der Waals surface area contributed by atoms with Crippen molar-refractivity contribution in [2.45, 2.75) is 71.3 Å². The Kier molecular flexibility index (Phi) is 6.25. The van der Waals surface area contributed by atoms with Crippen LogP contribution in [0.25, 0.3) is 0 Å². The van der Waals surface area contributed by atoms with Crippen molar-refractivity contribution in [1.82, 2.24) is 5.32 Å². The molecule has 0 heterocycles. The molecule has 1 aliphatic carbocycles. The lowest BCUT2D eigenvalue weighted by atomic mass is 9.86. The molecule has 84 valence electrons. The first-order valence-corrected chi connectivity index (χ1v) is 6.58. The van der Waals surface area contributed by atoms with Crippen LogP contribution in [0.1, 0.15) is 65.2 Å². The number of unbranched alkanes of at least 4 members (excludes halogenated alkanes) is 3. The summed E-state index contributed by atoms with van der Waals surface area (Å²) in [4.78, 5) is 0. The first-order valence-electron chi connectivity index (χ1n) is 6.58. The Morgan fingerprint density at radius 1 is 1.07 bits per heavy atom. The van der Waals surface area contributed by atoms with Crippen LogP contribution in [0.4, 0.5) is 0 Å². The largest absolute Gasteiger partial charge is 0.314 e. The van der Waals surface area contributed by atoms with Crippen molar-refractivity contribution in [3.05, 3.63) is 0 Å². The van der Waals surface area contributed by atoms with E-state index < -0.39 is 0 Å². The van der Waals surface area contributed by atoms with Gasteiger partial charge in [0.1, 0.15) is 0 Å². The molecule has 1 heteroatoms. The monoisotopic (exact) mass is 197 g/mol. The fourth-order valence-corrected chi connectivity index (χ4v) is 2.46. The van der Waals surface area contributed by atoms with E-state index in [1.807, 2.05) is 0 Å². The second kappa shape index (κ2) is 7.28. The molecule has 1 nitrogen and oxygen atoms in total. The van der Waals surface area contributed by atoms with Crippen LogP contribution in [0, 0.1) is 5.92 Å². The first kappa shape index (κ1) is 12.0. The quantitative estimate of drug-likeness (QED) is 0.640. The van der Waals surface area contributed by atoms with Gasteiger partial charge in [-0.2, -0.15) is 0 Å². The molecule has 1 saturated carbocycles. The van der Waals surface area contributed by atoms with Crippen LogP contribution in [0.15, 0.2) is 0 Å². The molecule has 0 radical (unpaired) electrons. The van der Waals surface area contributed by atoms with E-state index in [-0.39, 0.29) is 0 Å². The summed E-state index contributed by atoms with van der Waals surface area (Å²) >= 11 is 0. The minimum absolute atomic E-state index is 0.824. The highest BCUT2D eigenvalue weighted by molar-refractivity contribution is 4.77. The van der Waals surface area contributed by atoms with Crippen molar-refractivity contribution in [2.75, 3.05) is 6.54 Å². The summed E-state index contributed by atoms with van der Waals surface area (Å²) in [6.07, 6.45) is 11.3. The topological polar surface area (TPSA) is 12.0 Å². The highest BCUT2D eigenvalue weighted by Crippen LogP contribution is 2.23. The van der Waals surface area contributed by atoms with Crippen molar-refractivity contribution < 1.29 is 0 Å². The second-order valence-electron chi connectivity index (χ2n) is 4.88. The molecule has 1 fully saturated rings. The van der Waals surface area contributed by atoms with Gasteiger partial charge in [-0.3, -0.25) is 0 Å². The molecule has 0 aromatic heterocycles. The van der Waals surface area contributed by atoms with E-state index >= 15 is 0 Å². The molecule has 0 spiro atoms. The Balaban J connectivity index is 1.99. The summed E-state index contributed by atoms with van der Waals surface area (Å²) in [5.41, 5.74) is 0. The van der Waals surface area contributed by atoms with Crippen LogP contribution < -0.4 is 5.32 Å². The van der Waals surface area contributed by atoms with Crippen LogP contribution in [-0.2, 0) is 0 Å². The average Bonchev–Trinajstić information content (AvgIpc) is 2.20. The maximum absolute atomic E-state index is 3.73. The maximum atomic E-state index is 3.73. The molecule has 0 aromatic rings. The summed E-state index contributed by atoms with van der Waals surface area (Å²) in [5.74, 6) is 0.912. The molecule has 1 N–H and O–H groups in total. The Morgan fingerprint density at radius 2 is 1.86 bits per heavy atom. The Hall–Kier alpha value is -0.0400. The van der Waals surface area contributed by atoms with Gasteiger partial charge in [0.05, 0.1) is 0 Å². The number of hydrogen-bond acceptors (Lipinski definition) is 1. The van der Waals surface area contributed by atoms with E-state index in [2.05, 4.69) is 19.2 Å². The lowest BCUT2D eigenvalue weighted by Crippen LogP contribution is -2.37. The molecule has 0 bridgehead atoms. The summed E-state index contributed by atoms with van der Waals surface area (Å²) in [7, 11) is 0. The SMILES string of the molecule is CCCCCCNC1CCCCC1C. The zero-order valence-corrected chi connectivity index (χ0v) is 10.0. The van der Waals surface area contributed by atoms with Crippen molar-refractivity contribution in [2.24, 2.45) is 5.92 Å². The molecule has 2 atom stereocenters. The smallest absolute Gasteiger partial charge is 0.00926 e. The Labute approximate surface area is 89.7 Å². The fourth-order valence-electron chi connectivity index (χ4n) is 2.46. The third kappa shape index (κ3) is 4.45. The second-order valence-corrected chi connectivity index (χ2v) is 4.88. The number of hydrogen-bond donors (Lipinski definition) is 1.